The highest BCUT2D eigenvalue weighted by Crippen LogP contribution is 2.21. The normalized spacial score (nSPS) is 11.5. The summed E-state index contributed by atoms with van der Waals surface area (Å²) in [6, 6.07) is 26.7. The summed E-state index contributed by atoms with van der Waals surface area (Å²) >= 11 is 0. The molecule has 4 heteroatoms. The van der Waals surface area contributed by atoms with Crippen LogP contribution in [-0.2, 0) is 0 Å². The second-order valence-electron chi connectivity index (χ2n) is 6.03. The number of hydrogen-bond donors (Lipinski definition) is 1. The van der Waals surface area contributed by atoms with E-state index in [1.807, 2.05) is 49.4 Å². The molecule has 0 saturated carbocycles. The first-order valence-electron chi connectivity index (χ1n) is 8.48. The zero-order valence-electron chi connectivity index (χ0n) is 14.4. The zero-order valence-corrected chi connectivity index (χ0v) is 14.4. The molecule has 1 N–H and O–H groups in total. The van der Waals surface area contributed by atoms with Gasteiger partial charge in [0.25, 0.3) is 0 Å². The van der Waals surface area contributed by atoms with Crippen molar-refractivity contribution in [2.45, 2.75) is 6.92 Å². The molecule has 0 atom stereocenters. The molecule has 0 aliphatic rings. The maximum Gasteiger partial charge on any atom is 0.176 e. The van der Waals surface area contributed by atoms with Crippen LogP contribution in [0.1, 0.15) is 12.5 Å². The van der Waals surface area contributed by atoms with Gasteiger partial charge >= 0.3 is 0 Å². The predicted molar refractivity (Wildman–Crippen MR) is 107 cm³/mol. The van der Waals surface area contributed by atoms with Crippen LogP contribution in [0.2, 0.25) is 0 Å². The first kappa shape index (κ1) is 16.0. The number of nitrogens with zero attached hydrogens (tertiary/aromatic N) is 3. The number of hydrazone groups is 1. The molecule has 26 heavy (non-hydrogen) atoms. The van der Waals surface area contributed by atoms with Gasteiger partial charge in [0.2, 0.25) is 0 Å². The Labute approximate surface area is 152 Å². The van der Waals surface area contributed by atoms with Crippen molar-refractivity contribution in [3.63, 3.8) is 0 Å². The standard InChI is InChI=1S/C22H18N4/c1-16(17-11-13-19(14-12-17)18-7-3-2-4-8-18)24-26-22-21-10-6-5-9-20(21)15-23-25-22/h2-15H,1H3,(H,25,26)/b24-16-. The van der Waals surface area contributed by atoms with Gasteiger partial charge in [-0.05, 0) is 23.6 Å². The van der Waals surface area contributed by atoms with E-state index in [0.717, 1.165) is 22.0 Å². The van der Waals surface area contributed by atoms with Crippen molar-refractivity contribution in [3.8, 4) is 11.1 Å². The number of benzene rings is 3. The molecule has 0 spiro atoms. The fourth-order valence-corrected chi connectivity index (χ4v) is 2.85. The van der Waals surface area contributed by atoms with E-state index in [9.17, 15) is 0 Å². The molecule has 3 aromatic carbocycles. The van der Waals surface area contributed by atoms with Gasteiger partial charge in [0.1, 0.15) is 0 Å². The number of anilines is 1. The molecule has 4 rings (SSSR count). The number of nitrogens with one attached hydrogen (secondary N) is 1. The van der Waals surface area contributed by atoms with Crippen molar-refractivity contribution < 1.29 is 0 Å². The highest BCUT2D eigenvalue weighted by Gasteiger charge is 2.03. The molecule has 1 aromatic heterocycles. The van der Waals surface area contributed by atoms with Crippen LogP contribution in [0.3, 0.4) is 0 Å². The van der Waals surface area contributed by atoms with E-state index in [1.165, 1.54) is 11.1 Å². The number of hydrogen-bond acceptors (Lipinski definition) is 4. The SMILES string of the molecule is C/C(=N/Nc1nncc2ccccc12)c1ccc(-c2ccccc2)cc1. The largest absolute Gasteiger partial charge is 0.259 e. The zero-order chi connectivity index (χ0) is 17.8. The van der Waals surface area contributed by atoms with Crippen molar-refractivity contribution in [2.75, 3.05) is 5.43 Å². The van der Waals surface area contributed by atoms with Crippen LogP contribution < -0.4 is 5.43 Å². The Bertz CT molecular complexity index is 1050. The smallest absolute Gasteiger partial charge is 0.176 e. The fraction of sp³-hybridized carbons (Fsp3) is 0.0455. The van der Waals surface area contributed by atoms with Crippen LogP contribution >= 0.6 is 0 Å². The quantitative estimate of drug-likeness (QED) is 0.414. The molecular formula is C22H18N4. The van der Waals surface area contributed by atoms with Crippen LogP contribution in [-0.4, -0.2) is 15.9 Å². The van der Waals surface area contributed by atoms with Crippen molar-refractivity contribution in [1.82, 2.24) is 10.2 Å². The average Bonchev–Trinajstić information content (AvgIpc) is 2.73. The van der Waals surface area contributed by atoms with Crippen molar-refractivity contribution in [3.05, 3.63) is 90.6 Å². The first-order valence-corrected chi connectivity index (χ1v) is 8.48. The lowest BCUT2D eigenvalue weighted by molar-refractivity contribution is 1.04. The molecule has 0 amide bonds. The molecule has 0 aliphatic heterocycles. The van der Waals surface area contributed by atoms with Crippen molar-refractivity contribution in [2.24, 2.45) is 5.10 Å². The molecule has 1 heterocycles. The maximum absolute atomic E-state index is 4.48. The van der Waals surface area contributed by atoms with Crippen LogP contribution in [0.5, 0.6) is 0 Å². The Kier molecular flexibility index (Phi) is 4.39. The van der Waals surface area contributed by atoms with E-state index in [-0.39, 0.29) is 0 Å². The third-order valence-corrected chi connectivity index (χ3v) is 4.31. The molecule has 0 saturated heterocycles. The summed E-state index contributed by atoms with van der Waals surface area (Å²) < 4.78 is 0. The summed E-state index contributed by atoms with van der Waals surface area (Å²) in [6.07, 6.45) is 1.75. The maximum atomic E-state index is 4.48. The minimum Gasteiger partial charge on any atom is -0.259 e. The third-order valence-electron chi connectivity index (χ3n) is 4.31. The predicted octanol–water partition coefficient (Wildman–Crippen LogP) is 5.13. The second kappa shape index (κ2) is 7.15. The molecule has 0 aliphatic carbocycles. The molecule has 0 unspecified atom stereocenters. The highest BCUT2D eigenvalue weighted by atomic mass is 15.3. The Morgan fingerprint density at radius 1 is 0.808 bits per heavy atom. The van der Waals surface area contributed by atoms with Gasteiger partial charge in [0, 0.05) is 10.8 Å². The Morgan fingerprint density at radius 2 is 1.50 bits per heavy atom. The molecule has 4 nitrogen and oxygen atoms in total. The van der Waals surface area contributed by atoms with Crippen molar-refractivity contribution in [1.29, 1.82) is 0 Å². The highest BCUT2D eigenvalue weighted by molar-refractivity contribution is 6.00. The van der Waals surface area contributed by atoms with Gasteiger partial charge < -0.3 is 0 Å². The number of fused-ring (bicyclic) bond motifs is 1. The van der Waals surface area contributed by atoms with Gasteiger partial charge in [-0.1, -0.05) is 78.9 Å². The van der Waals surface area contributed by atoms with Gasteiger partial charge in [-0.15, -0.1) is 5.10 Å². The monoisotopic (exact) mass is 338 g/mol. The molecule has 0 bridgehead atoms. The van der Waals surface area contributed by atoms with E-state index in [1.54, 1.807) is 6.20 Å². The van der Waals surface area contributed by atoms with Crippen molar-refractivity contribution >= 4 is 22.3 Å². The van der Waals surface area contributed by atoms with E-state index >= 15 is 0 Å². The van der Waals surface area contributed by atoms with Crippen LogP contribution in [0.4, 0.5) is 5.82 Å². The third kappa shape index (κ3) is 3.30. The van der Waals surface area contributed by atoms with Gasteiger partial charge in [-0.3, -0.25) is 5.43 Å². The summed E-state index contributed by atoms with van der Waals surface area (Å²) in [5.74, 6) is 0.656. The minimum absolute atomic E-state index is 0.656. The van der Waals surface area contributed by atoms with Gasteiger partial charge in [-0.25, -0.2) is 0 Å². The van der Waals surface area contributed by atoms with Crippen LogP contribution in [0.25, 0.3) is 21.9 Å². The summed E-state index contributed by atoms with van der Waals surface area (Å²) in [5.41, 5.74) is 7.39. The summed E-state index contributed by atoms with van der Waals surface area (Å²) in [5, 5.41) is 14.7. The molecule has 0 radical (unpaired) electrons. The lowest BCUT2D eigenvalue weighted by Crippen LogP contribution is -2.02. The second-order valence-corrected chi connectivity index (χ2v) is 6.03. The van der Waals surface area contributed by atoms with E-state index < -0.39 is 0 Å². The van der Waals surface area contributed by atoms with Gasteiger partial charge in [-0.2, -0.15) is 10.2 Å². The van der Waals surface area contributed by atoms with E-state index in [4.69, 9.17) is 0 Å². The molecular weight excluding hydrogens is 320 g/mol. The fourth-order valence-electron chi connectivity index (χ4n) is 2.85. The van der Waals surface area contributed by atoms with E-state index in [0.29, 0.717) is 5.82 Å². The Hall–Kier alpha value is -3.53. The minimum atomic E-state index is 0.656. The first-order chi connectivity index (χ1) is 12.8. The summed E-state index contributed by atoms with van der Waals surface area (Å²) in [6.45, 7) is 1.98. The van der Waals surface area contributed by atoms with Crippen LogP contribution in [0.15, 0.2) is 90.2 Å². The van der Waals surface area contributed by atoms with Crippen LogP contribution in [0, 0.1) is 0 Å². The van der Waals surface area contributed by atoms with Gasteiger partial charge in [0.15, 0.2) is 5.82 Å². The lowest BCUT2D eigenvalue weighted by Gasteiger charge is -2.06. The Balaban J connectivity index is 1.56. The topological polar surface area (TPSA) is 50.2 Å². The molecule has 4 aromatic rings. The van der Waals surface area contributed by atoms with Gasteiger partial charge in [0.05, 0.1) is 11.9 Å². The van der Waals surface area contributed by atoms with E-state index in [2.05, 4.69) is 57.1 Å². The Morgan fingerprint density at radius 3 is 2.31 bits per heavy atom. The number of aromatic nitrogens is 2. The lowest BCUT2D eigenvalue weighted by atomic mass is 10.0. The molecule has 0 fully saturated rings. The molecule has 126 valence electrons. The number of rotatable bonds is 4. The average molecular weight is 338 g/mol. The summed E-state index contributed by atoms with van der Waals surface area (Å²) in [4.78, 5) is 0. The summed E-state index contributed by atoms with van der Waals surface area (Å²) in [7, 11) is 0.